The SMILES string of the molecule is CCC(CC)C1COC(=O)O1. The van der Waals surface area contributed by atoms with Gasteiger partial charge in [-0.25, -0.2) is 4.79 Å². The van der Waals surface area contributed by atoms with Gasteiger partial charge in [0.15, 0.2) is 0 Å². The maximum absolute atomic E-state index is 10.5. The molecule has 0 N–H and O–H groups in total. The van der Waals surface area contributed by atoms with Gasteiger partial charge in [0.25, 0.3) is 0 Å². The Kier molecular flexibility index (Phi) is 2.74. The van der Waals surface area contributed by atoms with E-state index in [1.165, 1.54) is 0 Å². The molecule has 11 heavy (non-hydrogen) atoms. The lowest BCUT2D eigenvalue weighted by atomic mass is 9.97. The van der Waals surface area contributed by atoms with Crippen LogP contribution in [0.2, 0.25) is 0 Å². The van der Waals surface area contributed by atoms with Crippen LogP contribution in [0.5, 0.6) is 0 Å². The number of hydrogen-bond donors (Lipinski definition) is 0. The molecule has 0 aromatic heterocycles. The van der Waals surface area contributed by atoms with Crippen molar-refractivity contribution in [3.8, 4) is 0 Å². The Hall–Kier alpha value is -0.730. The molecule has 1 aliphatic heterocycles. The molecule has 1 atom stereocenters. The van der Waals surface area contributed by atoms with Gasteiger partial charge in [-0.05, 0) is 18.8 Å². The molecule has 0 amide bonds. The molecular formula is C8H14O3. The average Bonchev–Trinajstić information content (AvgIpc) is 2.39. The first-order valence-corrected chi connectivity index (χ1v) is 4.11. The highest BCUT2D eigenvalue weighted by atomic mass is 16.8. The molecule has 0 bridgehead atoms. The molecule has 0 aromatic carbocycles. The number of cyclic esters (lactones) is 2. The van der Waals surface area contributed by atoms with Crippen LogP contribution in [0.1, 0.15) is 26.7 Å². The zero-order valence-electron chi connectivity index (χ0n) is 7.00. The lowest BCUT2D eigenvalue weighted by Gasteiger charge is -2.15. The van der Waals surface area contributed by atoms with Crippen molar-refractivity contribution in [3.63, 3.8) is 0 Å². The third kappa shape index (κ3) is 1.85. The number of carbonyl (C=O) groups is 1. The van der Waals surface area contributed by atoms with Crippen molar-refractivity contribution in [2.24, 2.45) is 5.92 Å². The van der Waals surface area contributed by atoms with Crippen LogP contribution in [0.4, 0.5) is 4.79 Å². The van der Waals surface area contributed by atoms with E-state index in [1.807, 2.05) is 0 Å². The molecule has 0 aliphatic carbocycles. The second kappa shape index (κ2) is 3.60. The van der Waals surface area contributed by atoms with Crippen LogP contribution in [-0.2, 0) is 9.47 Å². The summed E-state index contributed by atoms with van der Waals surface area (Å²) in [6.07, 6.45) is 1.56. The Labute approximate surface area is 66.7 Å². The number of rotatable bonds is 3. The van der Waals surface area contributed by atoms with Gasteiger partial charge in [-0.1, -0.05) is 13.8 Å². The van der Waals surface area contributed by atoms with Gasteiger partial charge in [0, 0.05) is 0 Å². The molecule has 1 fully saturated rings. The highest BCUT2D eigenvalue weighted by molar-refractivity contribution is 5.61. The van der Waals surface area contributed by atoms with Crippen LogP contribution in [0.25, 0.3) is 0 Å². The quantitative estimate of drug-likeness (QED) is 0.589. The molecule has 3 nitrogen and oxygen atoms in total. The predicted molar refractivity (Wildman–Crippen MR) is 40.3 cm³/mol. The van der Waals surface area contributed by atoms with Crippen LogP contribution < -0.4 is 0 Å². The summed E-state index contributed by atoms with van der Waals surface area (Å²) < 4.78 is 9.63. The fourth-order valence-electron chi connectivity index (χ4n) is 1.39. The van der Waals surface area contributed by atoms with Gasteiger partial charge in [-0.2, -0.15) is 0 Å². The maximum atomic E-state index is 10.5. The van der Waals surface area contributed by atoms with E-state index in [0.29, 0.717) is 12.5 Å². The number of carbonyl (C=O) groups excluding carboxylic acids is 1. The van der Waals surface area contributed by atoms with Crippen LogP contribution in [0, 0.1) is 5.92 Å². The fraction of sp³-hybridized carbons (Fsp3) is 0.875. The first-order chi connectivity index (χ1) is 5.27. The zero-order chi connectivity index (χ0) is 8.27. The highest BCUT2D eigenvalue weighted by Crippen LogP contribution is 2.20. The first kappa shape index (κ1) is 8.37. The lowest BCUT2D eigenvalue weighted by molar-refractivity contribution is 0.0955. The van der Waals surface area contributed by atoms with Gasteiger partial charge in [-0.3, -0.25) is 0 Å². The molecule has 0 spiro atoms. The fourth-order valence-corrected chi connectivity index (χ4v) is 1.39. The van der Waals surface area contributed by atoms with E-state index in [-0.39, 0.29) is 6.10 Å². The van der Waals surface area contributed by atoms with E-state index in [2.05, 4.69) is 18.6 Å². The van der Waals surface area contributed by atoms with Gasteiger partial charge >= 0.3 is 6.16 Å². The van der Waals surface area contributed by atoms with Crippen LogP contribution in [-0.4, -0.2) is 18.9 Å². The Morgan fingerprint density at radius 1 is 1.55 bits per heavy atom. The molecule has 0 radical (unpaired) electrons. The summed E-state index contributed by atoms with van der Waals surface area (Å²) in [6.45, 7) is 4.63. The zero-order valence-corrected chi connectivity index (χ0v) is 7.00. The van der Waals surface area contributed by atoms with Crippen LogP contribution in [0.3, 0.4) is 0 Å². The number of ether oxygens (including phenoxy) is 2. The second-order valence-corrected chi connectivity index (χ2v) is 2.79. The summed E-state index contributed by atoms with van der Waals surface area (Å²) in [5, 5.41) is 0. The third-order valence-electron chi connectivity index (χ3n) is 2.19. The van der Waals surface area contributed by atoms with Gasteiger partial charge in [0.2, 0.25) is 0 Å². The van der Waals surface area contributed by atoms with E-state index < -0.39 is 6.16 Å². The minimum atomic E-state index is -0.512. The summed E-state index contributed by atoms with van der Waals surface area (Å²) in [7, 11) is 0. The van der Waals surface area contributed by atoms with Crippen molar-refractivity contribution in [2.75, 3.05) is 6.61 Å². The van der Waals surface area contributed by atoms with E-state index in [4.69, 9.17) is 4.74 Å². The minimum Gasteiger partial charge on any atom is -0.430 e. The third-order valence-corrected chi connectivity index (χ3v) is 2.19. The molecule has 1 rings (SSSR count). The summed E-state index contributed by atoms with van der Waals surface area (Å²) in [5.74, 6) is 0.460. The Balaban J connectivity index is 2.40. The van der Waals surface area contributed by atoms with E-state index in [1.54, 1.807) is 0 Å². The summed E-state index contributed by atoms with van der Waals surface area (Å²) in [5.41, 5.74) is 0. The number of hydrogen-bond acceptors (Lipinski definition) is 3. The molecular weight excluding hydrogens is 144 g/mol. The largest absolute Gasteiger partial charge is 0.508 e. The van der Waals surface area contributed by atoms with Crippen LogP contribution in [0.15, 0.2) is 0 Å². The van der Waals surface area contributed by atoms with Gasteiger partial charge < -0.3 is 9.47 Å². The lowest BCUT2D eigenvalue weighted by Crippen LogP contribution is -2.21. The summed E-state index contributed by atoms with van der Waals surface area (Å²) in [6, 6.07) is 0. The Bertz CT molecular complexity index is 140. The Morgan fingerprint density at radius 3 is 2.55 bits per heavy atom. The standard InChI is InChI=1S/C8H14O3/c1-3-6(4-2)7-5-10-8(9)11-7/h6-7H,3-5H2,1-2H3. The van der Waals surface area contributed by atoms with Crippen molar-refractivity contribution in [1.82, 2.24) is 0 Å². The van der Waals surface area contributed by atoms with Crippen molar-refractivity contribution in [3.05, 3.63) is 0 Å². The van der Waals surface area contributed by atoms with Crippen molar-refractivity contribution < 1.29 is 14.3 Å². The molecule has 1 aliphatic rings. The summed E-state index contributed by atoms with van der Waals surface area (Å²) in [4.78, 5) is 10.5. The molecule has 0 aromatic rings. The van der Waals surface area contributed by atoms with Crippen molar-refractivity contribution >= 4 is 6.16 Å². The second-order valence-electron chi connectivity index (χ2n) is 2.79. The normalized spacial score (nSPS) is 23.5. The average molecular weight is 158 g/mol. The molecule has 1 saturated heterocycles. The minimum absolute atomic E-state index is 0.00231. The van der Waals surface area contributed by atoms with Crippen LogP contribution >= 0.6 is 0 Å². The van der Waals surface area contributed by atoms with E-state index in [9.17, 15) is 4.79 Å². The smallest absolute Gasteiger partial charge is 0.430 e. The maximum Gasteiger partial charge on any atom is 0.508 e. The molecule has 0 saturated carbocycles. The topological polar surface area (TPSA) is 35.5 Å². The Morgan fingerprint density at radius 2 is 2.18 bits per heavy atom. The first-order valence-electron chi connectivity index (χ1n) is 4.11. The molecule has 1 heterocycles. The summed E-state index contributed by atoms with van der Waals surface area (Å²) >= 11 is 0. The van der Waals surface area contributed by atoms with Gasteiger partial charge in [0.1, 0.15) is 12.7 Å². The predicted octanol–water partition coefficient (Wildman–Crippen LogP) is 1.96. The molecule has 1 unspecified atom stereocenters. The van der Waals surface area contributed by atoms with Gasteiger partial charge in [0.05, 0.1) is 0 Å². The molecule has 3 heteroatoms. The van der Waals surface area contributed by atoms with E-state index in [0.717, 1.165) is 12.8 Å². The monoisotopic (exact) mass is 158 g/mol. The highest BCUT2D eigenvalue weighted by Gasteiger charge is 2.30. The molecule has 64 valence electrons. The van der Waals surface area contributed by atoms with Crippen molar-refractivity contribution in [2.45, 2.75) is 32.8 Å². The van der Waals surface area contributed by atoms with Crippen molar-refractivity contribution in [1.29, 1.82) is 0 Å². The van der Waals surface area contributed by atoms with E-state index >= 15 is 0 Å². The van der Waals surface area contributed by atoms with Gasteiger partial charge in [-0.15, -0.1) is 0 Å².